The molecule has 1 saturated heterocycles. The lowest BCUT2D eigenvalue weighted by Gasteiger charge is -2.36. The van der Waals surface area contributed by atoms with E-state index in [1.165, 1.54) is 17.7 Å². The largest absolute Gasteiger partial charge is 0.342 e. The Hall–Kier alpha value is -1.95. The molecule has 2 atom stereocenters. The molecule has 0 spiro atoms. The first-order valence-corrected chi connectivity index (χ1v) is 11.4. The molecule has 3 heterocycles. The zero-order valence-corrected chi connectivity index (χ0v) is 17.7. The first-order chi connectivity index (χ1) is 13.6. The average Bonchev–Trinajstić information content (AvgIpc) is 3.12. The number of anilines is 2. The van der Waals surface area contributed by atoms with E-state index in [4.69, 9.17) is 4.98 Å². The van der Waals surface area contributed by atoms with Crippen LogP contribution >= 0.6 is 11.3 Å². The molecule has 2 fully saturated rings. The number of hydrogen-bond donors (Lipinski definition) is 1. The monoisotopic (exact) mass is 398 g/mol. The van der Waals surface area contributed by atoms with E-state index in [2.05, 4.69) is 41.2 Å². The van der Waals surface area contributed by atoms with Crippen LogP contribution in [-0.2, 0) is 4.79 Å². The fourth-order valence-corrected chi connectivity index (χ4v) is 5.25. The van der Waals surface area contributed by atoms with Gasteiger partial charge in [-0.2, -0.15) is 0 Å². The van der Waals surface area contributed by atoms with Crippen LogP contribution in [0, 0.1) is 18.8 Å². The van der Waals surface area contributed by atoms with Crippen LogP contribution in [0.4, 0.5) is 10.9 Å². The molecule has 1 aliphatic heterocycles. The summed E-state index contributed by atoms with van der Waals surface area (Å²) < 4.78 is 0. The lowest BCUT2D eigenvalue weighted by atomic mass is 9.81. The third-order valence-corrected chi connectivity index (χ3v) is 6.97. The van der Waals surface area contributed by atoms with Gasteiger partial charge in [0, 0.05) is 41.7 Å². The predicted octanol–water partition coefficient (Wildman–Crippen LogP) is 5.12. The van der Waals surface area contributed by atoms with E-state index < -0.39 is 0 Å². The van der Waals surface area contributed by atoms with Gasteiger partial charge in [-0.15, -0.1) is 11.3 Å². The third kappa shape index (κ3) is 4.54. The number of rotatable bonds is 4. The average molecular weight is 399 g/mol. The molecule has 4 rings (SSSR count). The fourth-order valence-electron chi connectivity index (χ4n) is 4.58. The van der Waals surface area contributed by atoms with Gasteiger partial charge in [-0.3, -0.25) is 4.79 Å². The van der Waals surface area contributed by atoms with Crippen LogP contribution in [0.25, 0.3) is 0 Å². The first kappa shape index (κ1) is 19.4. The molecule has 150 valence electrons. The van der Waals surface area contributed by atoms with Gasteiger partial charge in [-0.05, 0) is 50.7 Å². The number of pyridine rings is 1. The van der Waals surface area contributed by atoms with Gasteiger partial charge >= 0.3 is 0 Å². The van der Waals surface area contributed by atoms with Crippen molar-refractivity contribution in [1.82, 2.24) is 14.9 Å². The molecule has 1 amide bonds. The summed E-state index contributed by atoms with van der Waals surface area (Å²) in [5.41, 5.74) is 1.12. The van der Waals surface area contributed by atoms with Crippen LogP contribution in [0.1, 0.15) is 61.9 Å². The lowest BCUT2D eigenvalue weighted by molar-refractivity contribution is -0.138. The Balaban J connectivity index is 1.34. The minimum absolute atomic E-state index is 0.257. The Labute approximate surface area is 171 Å². The van der Waals surface area contributed by atoms with Crippen molar-refractivity contribution in [2.45, 2.75) is 58.3 Å². The maximum Gasteiger partial charge on any atom is 0.225 e. The molecule has 0 aromatic carbocycles. The highest BCUT2D eigenvalue weighted by molar-refractivity contribution is 7.15. The summed E-state index contributed by atoms with van der Waals surface area (Å²) in [6.07, 6.45) is 8.51. The SMILES string of the molecule is Cc1cnc(Nc2cccc(C3CCN(C(=O)[C@@H]4CCC[C@H](C)C4)CC3)n2)s1. The predicted molar refractivity (Wildman–Crippen MR) is 114 cm³/mol. The molecule has 2 aromatic rings. The molecule has 1 saturated carbocycles. The molecule has 2 aliphatic rings. The number of nitrogens with one attached hydrogen (secondary N) is 1. The summed E-state index contributed by atoms with van der Waals surface area (Å²) in [6, 6.07) is 6.17. The van der Waals surface area contributed by atoms with Crippen molar-refractivity contribution in [3.05, 3.63) is 35.0 Å². The first-order valence-electron chi connectivity index (χ1n) is 10.5. The van der Waals surface area contributed by atoms with Gasteiger partial charge in [0.15, 0.2) is 5.13 Å². The minimum Gasteiger partial charge on any atom is -0.342 e. The van der Waals surface area contributed by atoms with Crippen LogP contribution in [0.2, 0.25) is 0 Å². The van der Waals surface area contributed by atoms with Gasteiger partial charge < -0.3 is 10.2 Å². The molecule has 0 bridgehead atoms. The number of aryl methyl sites for hydroxylation is 1. The second kappa shape index (κ2) is 8.60. The van der Waals surface area contributed by atoms with Crippen molar-refractivity contribution in [1.29, 1.82) is 0 Å². The van der Waals surface area contributed by atoms with Crippen LogP contribution in [0.5, 0.6) is 0 Å². The third-order valence-electron chi connectivity index (χ3n) is 6.14. The summed E-state index contributed by atoms with van der Waals surface area (Å²) in [4.78, 5) is 25.4. The maximum absolute atomic E-state index is 12.9. The van der Waals surface area contributed by atoms with Crippen molar-refractivity contribution in [2.75, 3.05) is 18.4 Å². The molecular weight excluding hydrogens is 368 g/mol. The number of piperidine rings is 1. The molecule has 1 aliphatic carbocycles. The van der Waals surface area contributed by atoms with Crippen LogP contribution in [-0.4, -0.2) is 33.9 Å². The second-order valence-electron chi connectivity index (χ2n) is 8.42. The molecule has 0 unspecified atom stereocenters. The molecule has 28 heavy (non-hydrogen) atoms. The Bertz CT molecular complexity index is 812. The molecule has 2 aromatic heterocycles. The lowest BCUT2D eigenvalue weighted by Crippen LogP contribution is -2.42. The highest BCUT2D eigenvalue weighted by Gasteiger charge is 2.31. The zero-order chi connectivity index (χ0) is 19.5. The summed E-state index contributed by atoms with van der Waals surface area (Å²) >= 11 is 1.63. The summed E-state index contributed by atoms with van der Waals surface area (Å²) in [6.45, 7) is 6.06. The van der Waals surface area contributed by atoms with Crippen molar-refractivity contribution in [3.8, 4) is 0 Å². The van der Waals surface area contributed by atoms with Crippen molar-refractivity contribution >= 4 is 28.2 Å². The molecular formula is C22H30N4OS. The number of thiazole rings is 1. The standard InChI is InChI=1S/C22H30N4OS/c1-15-5-3-6-18(13-15)21(27)26-11-9-17(10-12-26)19-7-4-8-20(24-19)25-22-23-14-16(2)28-22/h4,7-8,14-15,17-18H,3,5-6,9-13H2,1-2H3,(H,23,24,25)/t15-,18+/m0/s1. The second-order valence-corrected chi connectivity index (χ2v) is 9.65. The summed E-state index contributed by atoms with van der Waals surface area (Å²) in [5, 5.41) is 4.19. The minimum atomic E-state index is 0.257. The molecule has 1 N–H and O–H groups in total. The van der Waals surface area contributed by atoms with E-state index in [1.807, 2.05) is 12.3 Å². The van der Waals surface area contributed by atoms with Crippen molar-refractivity contribution < 1.29 is 4.79 Å². The van der Waals surface area contributed by atoms with E-state index >= 15 is 0 Å². The van der Waals surface area contributed by atoms with E-state index in [0.717, 1.165) is 55.4 Å². The van der Waals surface area contributed by atoms with Crippen LogP contribution in [0.15, 0.2) is 24.4 Å². The smallest absolute Gasteiger partial charge is 0.225 e. The van der Waals surface area contributed by atoms with Gasteiger partial charge in [0.1, 0.15) is 5.82 Å². The normalized spacial score (nSPS) is 23.6. The Kier molecular flexibility index (Phi) is 5.95. The highest BCUT2D eigenvalue weighted by atomic mass is 32.1. The fraction of sp³-hybridized carbons (Fsp3) is 0.591. The number of nitrogens with zero attached hydrogens (tertiary/aromatic N) is 3. The Morgan fingerprint density at radius 2 is 2.04 bits per heavy atom. The Morgan fingerprint density at radius 1 is 1.21 bits per heavy atom. The van der Waals surface area contributed by atoms with E-state index in [-0.39, 0.29) is 5.92 Å². The van der Waals surface area contributed by atoms with Gasteiger partial charge in [-0.25, -0.2) is 9.97 Å². The van der Waals surface area contributed by atoms with Crippen LogP contribution < -0.4 is 5.32 Å². The quantitative estimate of drug-likeness (QED) is 0.776. The van der Waals surface area contributed by atoms with Gasteiger partial charge in [-0.1, -0.05) is 25.8 Å². The van der Waals surface area contributed by atoms with Gasteiger partial charge in [0.05, 0.1) is 0 Å². The number of carbonyl (C=O) groups is 1. The highest BCUT2D eigenvalue weighted by Crippen LogP contribution is 2.33. The van der Waals surface area contributed by atoms with Crippen LogP contribution in [0.3, 0.4) is 0 Å². The maximum atomic E-state index is 12.9. The number of carbonyl (C=O) groups excluding carboxylic acids is 1. The van der Waals surface area contributed by atoms with E-state index in [9.17, 15) is 4.79 Å². The molecule has 0 radical (unpaired) electrons. The number of hydrogen-bond acceptors (Lipinski definition) is 5. The van der Waals surface area contributed by atoms with E-state index in [0.29, 0.717) is 17.7 Å². The molecule has 6 heteroatoms. The number of likely N-dealkylation sites (tertiary alicyclic amines) is 1. The zero-order valence-electron chi connectivity index (χ0n) is 16.9. The Morgan fingerprint density at radius 3 is 2.75 bits per heavy atom. The van der Waals surface area contributed by atoms with Gasteiger partial charge in [0.2, 0.25) is 5.91 Å². The summed E-state index contributed by atoms with van der Waals surface area (Å²) in [7, 11) is 0. The van der Waals surface area contributed by atoms with Crippen molar-refractivity contribution in [2.24, 2.45) is 11.8 Å². The molecule has 5 nitrogen and oxygen atoms in total. The number of aromatic nitrogens is 2. The van der Waals surface area contributed by atoms with Gasteiger partial charge in [0.25, 0.3) is 0 Å². The number of amides is 1. The topological polar surface area (TPSA) is 58.1 Å². The van der Waals surface area contributed by atoms with E-state index in [1.54, 1.807) is 11.3 Å². The summed E-state index contributed by atoms with van der Waals surface area (Å²) in [5.74, 6) is 2.62. The van der Waals surface area contributed by atoms with Crippen molar-refractivity contribution in [3.63, 3.8) is 0 Å².